The van der Waals surface area contributed by atoms with Crippen LogP contribution in [-0.4, -0.2) is 38.0 Å². The summed E-state index contributed by atoms with van der Waals surface area (Å²) in [5.41, 5.74) is 6.97. The summed E-state index contributed by atoms with van der Waals surface area (Å²) < 4.78 is 4.52. The van der Waals surface area contributed by atoms with Crippen molar-refractivity contribution in [3.63, 3.8) is 0 Å². The molecule has 148 valence electrons. The molecule has 0 spiro atoms. The van der Waals surface area contributed by atoms with Crippen LogP contribution in [-0.2, 0) is 14.3 Å². The Hall–Kier alpha value is -2.41. The number of ether oxygens (including phenoxy) is 1. The molecule has 0 unspecified atom stereocenters. The summed E-state index contributed by atoms with van der Waals surface area (Å²) >= 11 is 0. The summed E-state index contributed by atoms with van der Waals surface area (Å²) in [6.07, 6.45) is 6.03. The van der Waals surface area contributed by atoms with Crippen molar-refractivity contribution >= 4 is 23.5 Å². The van der Waals surface area contributed by atoms with Crippen LogP contribution in [0.15, 0.2) is 24.3 Å². The first-order valence-corrected chi connectivity index (χ1v) is 9.43. The predicted octanol–water partition coefficient (Wildman–Crippen LogP) is 2.22. The minimum absolute atomic E-state index is 0.0439. The van der Waals surface area contributed by atoms with E-state index in [0.717, 1.165) is 25.7 Å². The first-order valence-electron chi connectivity index (χ1n) is 9.43. The van der Waals surface area contributed by atoms with Crippen molar-refractivity contribution in [2.45, 2.75) is 44.9 Å². The highest BCUT2D eigenvalue weighted by atomic mass is 16.5. The highest BCUT2D eigenvalue weighted by Crippen LogP contribution is 2.38. The normalized spacial score (nSPS) is 15.6. The number of carbonyl (C=O) groups excluding carboxylic acids is 3. The van der Waals surface area contributed by atoms with Gasteiger partial charge in [0, 0.05) is 24.2 Å². The van der Waals surface area contributed by atoms with Gasteiger partial charge in [-0.1, -0.05) is 19.3 Å². The van der Waals surface area contributed by atoms with Gasteiger partial charge in [0.05, 0.1) is 13.5 Å². The number of anilines is 1. The third-order valence-corrected chi connectivity index (χ3v) is 5.16. The quantitative estimate of drug-likeness (QED) is 0.604. The topological polar surface area (TPSA) is 111 Å². The number of carbonyl (C=O) groups is 3. The number of hydrogen-bond acceptors (Lipinski definition) is 5. The van der Waals surface area contributed by atoms with Crippen LogP contribution in [0.1, 0.15) is 55.3 Å². The molecule has 0 radical (unpaired) electrons. The Morgan fingerprint density at radius 1 is 1.11 bits per heavy atom. The van der Waals surface area contributed by atoms with Gasteiger partial charge in [0.1, 0.15) is 0 Å². The van der Waals surface area contributed by atoms with Gasteiger partial charge in [0.2, 0.25) is 5.91 Å². The second-order valence-corrected chi connectivity index (χ2v) is 7.15. The van der Waals surface area contributed by atoms with Crippen molar-refractivity contribution in [2.75, 3.05) is 25.5 Å². The molecule has 1 aliphatic carbocycles. The van der Waals surface area contributed by atoms with E-state index in [0.29, 0.717) is 24.2 Å². The lowest BCUT2D eigenvalue weighted by atomic mass is 9.71. The lowest BCUT2D eigenvalue weighted by Crippen LogP contribution is -2.36. The van der Waals surface area contributed by atoms with Crippen LogP contribution in [0.3, 0.4) is 0 Å². The largest absolute Gasteiger partial charge is 0.469 e. The highest BCUT2D eigenvalue weighted by Gasteiger charge is 2.32. The van der Waals surface area contributed by atoms with Gasteiger partial charge in [-0.15, -0.1) is 0 Å². The zero-order valence-electron chi connectivity index (χ0n) is 15.9. The number of nitrogens with one attached hydrogen (secondary N) is 2. The fourth-order valence-electron chi connectivity index (χ4n) is 3.49. The molecule has 1 aromatic carbocycles. The van der Waals surface area contributed by atoms with Gasteiger partial charge in [-0.3, -0.25) is 14.4 Å². The zero-order chi connectivity index (χ0) is 19.7. The van der Waals surface area contributed by atoms with E-state index in [4.69, 9.17) is 5.73 Å². The number of rotatable bonds is 8. The predicted molar refractivity (Wildman–Crippen MR) is 103 cm³/mol. The number of methoxy groups -OCH3 is 1. The molecule has 1 aliphatic rings. The van der Waals surface area contributed by atoms with Crippen molar-refractivity contribution in [3.8, 4) is 0 Å². The summed E-state index contributed by atoms with van der Waals surface area (Å²) in [6, 6.07) is 6.68. The van der Waals surface area contributed by atoms with E-state index < -0.39 is 0 Å². The summed E-state index contributed by atoms with van der Waals surface area (Å²) in [5.74, 6) is -0.694. The maximum atomic E-state index is 12.4. The van der Waals surface area contributed by atoms with E-state index in [1.54, 1.807) is 24.3 Å². The van der Waals surface area contributed by atoms with E-state index in [1.165, 1.54) is 13.5 Å². The third-order valence-electron chi connectivity index (χ3n) is 5.16. The van der Waals surface area contributed by atoms with Crippen LogP contribution in [0.4, 0.5) is 5.69 Å². The van der Waals surface area contributed by atoms with Gasteiger partial charge in [-0.25, -0.2) is 0 Å². The van der Waals surface area contributed by atoms with Gasteiger partial charge in [-0.05, 0) is 49.1 Å². The molecule has 1 aromatic rings. The Bertz CT molecular complexity index is 652. The van der Waals surface area contributed by atoms with Crippen molar-refractivity contribution in [1.29, 1.82) is 0 Å². The molecule has 1 fully saturated rings. The second-order valence-electron chi connectivity index (χ2n) is 7.15. The van der Waals surface area contributed by atoms with Crippen LogP contribution in [0.25, 0.3) is 0 Å². The number of nitrogens with two attached hydrogens (primary N) is 1. The van der Waals surface area contributed by atoms with Crippen molar-refractivity contribution in [3.05, 3.63) is 29.8 Å². The van der Waals surface area contributed by atoms with Gasteiger partial charge in [0.25, 0.3) is 5.91 Å². The van der Waals surface area contributed by atoms with Gasteiger partial charge >= 0.3 is 5.97 Å². The number of amides is 2. The Morgan fingerprint density at radius 2 is 1.78 bits per heavy atom. The van der Waals surface area contributed by atoms with Crippen LogP contribution in [0.2, 0.25) is 0 Å². The summed E-state index contributed by atoms with van der Waals surface area (Å²) in [4.78, 5) is 35.5. The van der Waals surface area contributed by atoms with E-state index >= 15 is 0 Å². The smallest absolute Gasteiger partial charge is 0.307 e. The second kappa shape index (κ2) is 10.1. The molecule has 4 N–H and O–H groups in total. The van der Waals surface area contributed by atoms with Crippen LogP contribution < -0.4 is 16.4 Å². The first kappa shape index (κ1) is 20.9. The SMILES string of the molecule is COC(=O)CCNC(=O)c1ccc(NC(=O)CC2(CN)CCCCC2)cc1. The van der Waals surface area contributed by atoms with Crippen molar-refractivity contribution < 1.29 is 19.1 Å². The molecule has 0 aliphatic heterocycles. The van der Waals surface area contributed by atoms with Gasteiger partial charge < -0.3 is 21.1 Å². The Balaban J connectivity index is 1.84. The van der Waals surface area contributed by atoms with Crippen molar-refractivity contribution in [1.82, 2.24) is 5.32 Å². The molecular weight excluding hydrogens is 346 g/mol. The van der Waals surface area contributed by atoms with Gasteiger partial charge in [-0.2, -0.15) is 0 Å². The fraction of sp³-hybridized carbons (Fsp3) is 0.550. The maximum Gasteiger partial charge on any atom is 0.307 e. The molecule has 27 heavy (non-hydrogen) atoms. The van der Waals surface area contributed by atoms with E-state index in [-0.39, 0.29) is 36.2 Å². The lowest BCUT2D eigenvalue weighted by molar-refractivity contribution is -0.140. The van der Waals surface area contributed by atoms with E-state index in [2.05, 4.69) is 15.4 Å². The monoisotopic (exact) mass is 375 g/mol. The minimum atomic E-state index is -0.374. The molecule has 0 saturated heterocycles. The average Bonchev–Trinajstić information content (AvgIpc) is 2.68. The highest BCUT2D eigenvalue weighted by molar-refractivity contribution is 5.96. The van der Waals surface area contributed by atoms with Crippen LogP contribution in [0, 0.1) is 5.41 Å². The van der Waals surface area contributed by atoms with E-state index in [1.807, 2.05) is 0 Å². The number of hydrogen-bond donors (Lipinski definition) is 3. The third kappa shape index (κ3) is 6.36. The number of benzene rings is 1. The van der Waals surface area contributed by atoms with Crippen LogP contribution in [0.5, 0.6) is 0 Å². The summed E-state index contributed by atoms with van der Waals surface area (Å²) in [7, 11) is 1.31. The molecule has 0 heterocycles. The first-order chi connectivity index (χ1) is 13.0. The van der Waals surface area contributed by atoms with Crippen LogP contribution >= 0.6 is 0 Å². The fourth-order valence-corrected chi connectivity index (χ4v) is 3.49. The molecule has 0 bridgehead atoms. The molecule has 0 aromatic heterocycles. The zero-order valence-corrected chi connectivity index (χ0v) is 15.9. The number of esters is 1. The van der Waals surface area contributed by atoms with Gasteiger partial charge in [0.15, 0.2) is 0 Å². The maximum absolute atomic E-state index is 12.4. The minimum Gasteiger partial charge on any atom is -0.469 e. The Labute approximate surface area is 160 Å². The molecule has 7 heteroatoms. The summed E-state index contributed by atoms with van der Waals surface area (Å²) in [5, 5.41) is 5.54. The van der Waals surface area contributed by atoms with E-state index in [9.17, 15) is 14.4 Å². The standard InChI is InChI=1S/C20H29N3O4/c1-27-18(25)9-12-22-19(26)15-5-7-16(8-6-15)23-17(24)13-20(14-21)10-3-2-4-11-20/h5-8H,2-4,9-14,21H2,1H3,(H,22,26)(H,23,24). The Kier molecular flexibility index (Phi) is 7.79. The summed E-state index contributed by atoms with van der Waals surface area (Å²) in [6.45, 7) is 0.746. The molecule has 2 amide bonds. The average molecular weight is 375 g/mol. The van der Waals surface area contributed by atoms with Crippen molar-refractivity contribution in [2.24, 2.45) is 11.1 Å². The Morgan fingerprint density at radius 3 is 2.37 bits per heavy atom. The molecule has 0 atom stereocenters. The molecule has 1 saturated carbocycles. The lowest BCUT2D eigenvalue weighted by Gasteiger charge is -2.35. The molecular formula is C20H29N3O4. The molecule has 7 nitrogen and oxygen atoms in total. The molecule has 2 rings (SSSR count).